The number of nitrogens with zero attached hydrogens (tertiary/aromatic N) is 4. The highest BCUT2D eigenvalue weighted by atomic mass is 15.6. The molecule has 23 heavy (non-hydrogen) atoms. The van der Waals surface area contributed by atoms with Gasteiger partial charge in [-0.15, -0.1) is 0 Å². The van der Waals surface area contributed by atoms with Crippen molar-refractivity contribution in [3.05, 3.63) is 35.9 Å². The predicted octanol–water partition coefficient (Wildman–Crippen LogP) is 0.0653. The maximum Gasteiger partial charge on any atom is 0.190 e. The minimum absolute atomic E-state index is 0.0810. The SMILES string of the molecule is CN=C(N)N(C)CCCNC1NCCN1N=Cc1ccccc1. The number of hydrogen-bond acceptors (Lipinski definition) is 5. The molecule has 1 saturated heterocycles. The minimum atomic E-state index is 0.0810. The van der Waals surface area contributed by atoms with Gasteiger partial charge in [-0.2, -0.15) is 5.10 Å². The second-order valence-electron chi connectivity index (χ2n) is 5.49. The molecule has 0 spiro atoms. The fourth-order valence-corrected chi connectivity index (χ4v) is 2.37. The third-order valence-corrected chi connectivity index (χ3v) is 3.76. The average molecular weight is 317 g/mol. The summed E-state index contributed by atoms with van der Waals surface area (Å²) in [7, 11) is 3.65. The van der Waals surface area contributed by atoms with E-state index in [0.717, 1.165) is 38.2 Å². The molecule has 0 aromatic heterocycles. The van der Waals surface area contributed by atoms with Crippen LogP contribution in [0.1, 0.15) is 12.0 Å². The van der Waals surface area contributed by atoms with E-state index in [-0.39, 0.29) is 6.29 Å². The van der Waals surface area contributed by atoms with E-state index in [9.17, 15) is 0 Å². The molecule has 1 atom stereocenters. The molecule has 0 saturated carbocycles. The van der Waals surface area contributed by atoms with E-state index in [1.54, 1.807) is 7.05 Å². The predicted molar refractivity (Wildman–Crippen MR) is 95.3 cm³/mol. The molecule has 7 nitrogen and oxygen atoms in total. The zero-order valence-electron chi connectivity index (χ0n) is 13.9. The van der Waals surface area contributed by atoms with Crippen molar-refractivity contribution in [1.29, 1.82) is 0 Å². The number of nitrogens with one attached hydrogen (secondary N) is 2. The Balaban J connectivity index is 1.73. The molecule has 0 amide bonds. The van der Waals surface area contributed by atoms with Gasteiger partial charge < -0.3 is 10.6 Å². The van der Waals surface area contributed by atoms with Crippen LogP contribution in [-0.4, -0.2) is 68.6 Å². The number of nitrogens with two attached hydrogens (primary N) is 1. The van der Waals surface area contributed by atoms with Crippen LogP contribution in [0.4, 0.5) is 0 Å². The summed E-state index contributed by atoms with van der Waals surface area (Å²) in [5, 5.41) is 13.5. The van der Waals surface area contributed by atoms with Crippen LogP contribution in [0, 0.1) is 0 Å². The molecule has 4 N–H and O–H groups in total. The van der Waals surface area contributed by atoms with E-state index in [4.69, 9.17) is 5.73 Å². The van der Waals surface area contributed by atoms with Gasteiger partial charge in [0.05, 0.1) is 12.8 Å². The molecule has 7 heteroatoms. The lowest BCUT2D eigenvalue weighted by atomic mass is 10.2. The average Bonchev–Trinajstić information content (AvgIpc) is 3.04. The van der Waals surface area contributed by atoms with Gasteiger partial charge in [-0.05, 0) is 18.5 Å². The molecular weight excluding hydrogens is 290 g/mol. The Morgan fingerprint density at radius 2 is 2.26 bits per heavy atom. The Hall–Kier alpha value is -2.12. The lowest BCUT2D eigenvalue weighted by Gasteiger charge is -2.23. The van der Waals surface area contributed by atoms with E-state index in [1.165, 1.54) is 0 Å². The molecule has 1 aliphatic heterocycles. The highest BCUT2D eigenvalue weighted by molar-refractivity contribution is 5.79. The first-order chi connectivity index (χ1) is 11.2. The molecule has 0 bridgehead atoms. The largest absolute Gasteiger partial charge is 0.370 e. The van der Waals surface area contributed by atoms with Crippen molar-refractivity contribution in [1.82, 2.24) is 20.5 Å². The van der Waals surface area contributed by atoms with Gasteiger partial charge >= 0.3 is 0 Å². The Morgan fingerprint density at radius 1 is 1.48 bits per heavy atom. The van der Waals surface area contributed by atoms with Crippen LogP contribution in [0.3, 0.4) is 0 Å². The number of benzene rings is 1. The zero-order valence-corrected chi connectivity index (χ0v) is 13.9. The van der Waals surface area contributed by atoms with E-state index in [0.29, 0.717) is 5.96 Å². The summed E-state index contributed by atoms with van der Waals surface area (Å²) in [5.41, 5.74) is 6.86. The quantitative estimate of drug-likeness (QED) is 0.377. The van der Waals surface area contributed by atoms with Crippen molar-refractivity contribution in [2.75, 3.05) is 40.3 Å². The fourth-order valence-electron chi connectivity index (χ4n) is 2.37. The van der Waals surface area contributed by atoms with E-state index in [2.05, 4.69) is 20.7 Å². The van der Waals surface area contributed by atoms with E-state index in [1.807, 2.05) is 53.5 Å². The zero-order chi connectivity index (χ0) is 16.5. The number of hydrogen-bond donors (Lipinski definition) is 3. The summed E-state index contributed by atoms with van der Waals surface area (Å²) in [5.74, 6) is 0.568. The second kappa shape index (κ2) is 9.12. The number of hydrazone groups is 1. The fraction of sp³-hybridized carbons (Fsp3) is 0.500. The maximum atomic E-state index is 5.75. The number of rotatable bonds is 7. The standard InChI is InChI=1S/C16H27N7/c1-18-15(17)22(2)11-6-9-19-16-20-10-12-23(16)21-13-14-7-4-3-5-8-14/h3-5,7-8,13,16,19-20H,6,9-12H2,1-2H3,(H2,17,18). The van der Waals surface area contributed by atoms with Crippen LogP contribution in [0.5, 0.6) is 0 Å². The van der Waals surface area contributed by atoms with Gasteiger partial charge in [0.15, 0.2) is 12.2 Å². The Morgan fingerprint density at radius 3 is 3.00 bits per heavy atom. The third kappa shape index (κ3) is 5.54. The van der Waals surface area contributed by atoms with Crippen LogP contribution >= 0.6 is 0 Å². The van der Waals surface area contributed by atoms with Gasteiger partial charge in [0.1, 0.15) is 0 Å². The lowest BCUT2D eigenvalue weighted by molar-refractivity contribution is 0.212. The summed E-state index contributed by atoms with van der Waals surface area (Å²) in [6, 6.07) is 10.1. The molecule has 1 aromatic rings. The van der Waals surface area contributed by atoms with Crippen molar-refractivity contribution in [3.63, 3.8) is 0 Å². The molecule has 126 valence electrons. The first-order valence-electron chi connectivity index (χ1n) is 7.96. The molecule has 0 radical (unpaired) electrons. The molecule has 1 aliphatic rings. The summed E-state index contributed by atoms with van der Waals surface area (Å²) in [6.07, 6.45) is 2.96. The molecule has 1 heterocycles. The van der Waals surface area contributed by atoms with Crippen LogP contribution in [-0.2, 0) is 0 Å². The molecule has 1 aromatic carbocycles. The van der Waals surface area contributed by atoms with Crippen molar-refractivity contribution in [3.8, 4) is 0 Å². The van der Waals surface area contributed by atoms with Gasteiger partial charge in [-0.1, -0.05) is 30.3 Å². The number of aliphatic imine (C=N–C) groups is 1. The van der Waals surface area contributed by atoms with Crippen LogP contribution in [0.2, 0.25) is 0 Å². The highest BCUT2D eigenvalue weighted by Crippen LogP contribution is 2.02. The highest BCUT2D eigenvalue weighted by Gasteiger charge is 2.21. The third-order valence-electron chi connectivity index (χ3n) is 3.76. The first kappa shape index (κ1) is 17.2. The van der Waals surface area contributed by atoms with Gasteiger partial charge in [0, 0.05) is 27.2 Å². The summed E-state index contributed by atoms with van der Waals surface area (Å²) < 4.78 is 0. The lowest BCUT2D eigenvalue weighted by Crippen LogP contribution is -2.46. The van der Waals surface area contributed by atoms with Gasteiger partial charge in [-0.3, -0.25) is 20.6 Å². The molecule has 1 fully saturated rings. The molecular formula is C16H27N7. The van der Waals surface area contributed by atoms with Crippen LogP contribution < -0.4 is 16.4 Å². The summed E-state index contributed by atoms with van der Waals surface area (Å²) >= 11 is 0. The topological polar surface area (TPSA) is 81.3 Å². The molecule has 0 aliphatic carbocycles. The van der Waals surface area contributed by atoms with Crippen LogP contribution in [0.25, 0.3) is 0 Å². The van der Waals surface area contributed by atoms with Gasteiger partial charge in [0.25, 0.3) is 0 Å². The van der Waals surface area contributed by atoms with E-state index < -0.39 is 0 Å². The van der Waals surface area contributed by atoms with Gasteiger partial charge in [-0.25, -0.2) is 0 Å². The van der Waals surface area contributed by atoms with Crippen molar-refractivity contribution in [2.24, 2.45) is 15.8 Å². The normalized spacial score (nSPS) is 18.8. The Bertz CT molecular complexity index is 514. The van der Waals surface area contributed by atoms with Crippen molar-refractivity contribution < 1.29 is 0 Å². The monoisotopic (exact) mass is 317 g/mol. The minimum Gasteiger partial charge on any atom is -0.370 e. The molecule has 1 unspecified atom stereocenters. The summed E-state index contributed by atoms with van der Waals surface area (Å²) in [4.78, 5) is 5.92. The van der Waals surface area contributed by atoms with Crippen LogP contribution in [0.15, 0.2) is 40.4 Å². The summed E-state index contributed by atoms with van der Waals surface area (Å²) in [6.45, 7) is 3.59. The maximum absolute atomic E-state index is 5.75. The molecule has 2 rings (SSSR count). The van der Waals surface area contributed by atoms with Gasteiger partial charge in [0.2, 0.25) is 0 Å². The van der Waals surface area contributed by atoms with E-state index >= 15 is 0 Å². The number of guanidine groups is 1. The Labute approximate surface area is 138 Å². The second-order valence-corrected chi connectivity index (χ2v) is 5.49. The first-order valence-corrected chi connectivity index (χ1v) is 7.96. The van der Waals surface area contributed by atoms with Crippen molar-refractivity contribution >= 4 is 12.2 Å². The smallest absolute Gasteiger partial charge is 0.190 e. The Kier molecular flexibility index (Phi) is 6.83. The van der Waals surface area contributed by atoms with Crippen molar-refractivity contribution in [2.45, 2.75) is 12.7 Å².